The first-order valence-electron chi connectivity index (χ1n) is 9.45. The first kappa shape index (κ1) is 25.1. The molecule has 0 aromatic heterocycles. The molecule has 2 atom stereocenters. The van der Waals surface area contributed by atoms with Crippen LogP contribution in [0, 0.1) is 5.92 Å². The summed E-state index contributed by atoms with van der Waals surface area (Å²) in [5, 5.41) is 6.12. The van der Waals surface area contributed by atoms with Gasteiger partial charge in [-0.3, -0.25) is 9.89 Å². The van der Waals surface area contributed by atoms with Crippen molar-refractivity contribution in [3.63, 3.8) is 0 Å². The Kier molecular flexibility index (Phi) is 10.1. The van der Waals surface area contributed by atoms with Crippen LogP contribution in [0.5, 0.6) is 0 Å². The van der Waals surface area contributed by atoms with E-state index in [9.17, 15) is 18.0 Å². The number of carbonyl (C=O) groups is 1. The van der Waals surface area contributed by atoms with E-state index in [-0.39, 0.29) is 30.0 Å². The smallest absolute Gasteiger partial charge is 0.407 e. The summed E-state index contributed by atoms with van der Waals surface area (Å²) >= 11 is 0. The van der Waals surface area contributed by atoms with E-state index in [1.54, 1.807) is 14.0 Å². The monoisotopic (exact) mass is 521 g/mol. The number of nitrogens with one attached hydrogen (secondary N) is 2. The Labute approximate surface area is 181 Å². The van der Waals surface area contributed by atoms with Crippen molar-refractivity contribution in [2.45, 2.75) is 44.9 Å². The minimum atomic E-state index is -4.21. The largest absolute Gasteiger partial charge is 0.450 e. The number of guanidine groups is 1. The lowest BCUT2D eigenvalue weighted by molar-refractivity contribution is -0.181. The van der Waals surface area contributed by atoms with Crippen LogP contribution in [0.15, 0.2) is 4.99 Å². The second kappa shape index (κ2) is 11.3. The molecule has 2 unspecified atom stereocenters. The maximum Gasteiger partial charge on any atom is 0.407 e. The molecule has 1 aliphatic carbocycles. The molecule has 0 spiro atoms. The highest BCUT2D eigenvalue weighted by molar-refractivity contribution is 14.0. The number of aliphatic imine (C=N–C) groups is 1. The van der Waals surface area contributed by atoms with Crippen LogP contribution in [-0.4, -0.2) is 86.5 Å². The fourth-order valence-electron chi connectivity index (χ4n) is 3.22. The Balaban J connectivity index is 0.00000392. The molecule has 2 rings (SSSR count). The number of alkyl carbamates (subject to hydrolysis) is 1. The molecule has 11 heteroatoms. The molecule has 1 saturated heterocycles. The zero-order valence-electron chi connectivity index (χ0n) is 16.6. The Hall–Kier alpha value is -0.980. The Morgan fingerprint density at radius 3 is 2.32 bits per heavy atom. The minimum absolute atomic E-state index is 0. The first-order valence-corrected chi connectivity index (χ1v) is 9.45. The number of ether oxygens (including phenoxy) is 1. The fraction of sp³-hybridized carbons (Fsp3) is 0.882. The van der Waals surface area contributed by atoms with Crippen molar-refractivity contribution >= 4 is 36.0 Å². The number of amides is 1. The molecule has 1 aliphatic heterocycles. The Morgan fingerprint density at radius 1 is 1.25 bits per heavy atom. The highest BCUT2D eigenvalue weighted by Crippen LogP contribution is 2.32. The van der Waals surface area contributed by atoms with Gasteiger partial charge in [0.2, 0.25) is 0 Å². The molecular weight excluding hydrogens is 490 g/mol. The number of halogens is 4. The molecule has 0 aromatic carbocycles. The van der Waals surface area contributed by atoms with Gasteiger partial charge in [-0.1, -0.05) is 0 Å². The van der Waals surface area contributed by atoms with Gasteiger partial charge in [0, 0.05) is 39.8 Å². The van der Waals surface area contributed by atoms with Gasteiger partial charge in [-0.25, -0.2) is 4.79 Å². The van der Waals surface area contributed by atoms with Crippen molar-refractivity contribution in [1.82, 2.24) is 20.4 Å². The Bertz CT molecular complexity index is 523. The van der Waals surface area contributed by atoms with E-state index in [1.165, 1.54) is 11.8 Å². The minimum Gasteiger partial charge on any atom is -0.450 e. The van der Waals surface area contributed by atoms with Crippen molar-refractivity contribution in [2.75, 3.05) is 46.4 Å². The molecule has 164 valence electrons. The van der Waals surface area contributed by atoms with E-state index in [0.29, 0.717) is 51.2 Å². The van der Waals surface area contributed by atoms with Gasteiger partial charge in [0.15, 0.2) is 5.96 Å². The van der Waals surface area contributed by atoms with E-state index in [4.69, 9.17) is 4.74 Å². The second-order valence-electron chi connectivity index (χ2n) is 6.98. The summed E-state index contributed by atoms with van der Waals surface area (Å²) in [6.07, 6.45) is -2.52. The van der Waals surface area contributed by atoms with Crippen LogP contribution >= 0.6 is 24.0 Å². The van der Waals surface area contributed by atoms with Crippen LogP contribution in [0.1, 0.15) is 26.7 Å². The van der Waals surface area contributed by atoms with E-state index < -0.39 is 18.3 Å². The summed E-state index contributed by atoms with van der Waals surface area (Å²) in [4.78, 5) is 19.3. The zero-order chi connectivity index (χ0) is 20.0. The van der Waals surface area contributed by atoms with Crippen molar-refractivity contribution in [2.24, 2.45) is 10.9 Å². The fourth-order valence-corrected chi connectivity index (χ4v) is 3.22. The third-order valence-corrected chi connectivity index (χ3v) is 5.10. The van der Waals surface area contributed by atoms with E-state index in [1.807, 2.05) is 4.90 Å². The quantitative estimate of drug-likeness (QED) is 0.319. The predicted octanol–water partition coefficient (Wildman–Crippen LogP) is 2.27. The SMILES string of the molecule is CCOC(=O)NC(CNC(=NC)N1CCN(C(C)C(F)(F)F)CC1)C1CC1.I. The lowest BCUT2D eigenvalue weighted by atomic mass is 10.2. The highest BCUT2D eigenvalue weighted by Gasteiger charge is 2.41. The van der Waals surface area contributed by atoms with Gasteiger partial charge in [-0.05, 0) is 32.6 Å². The van der Waals surface area contributed by atoms with E-state index in [2.05, 4.69) is 15.6 Å². The van der Waals surface area contributed by atoms with Crippen LogP contribution < -0.4 is 10.6 Å². The van der Waals surface area contributed by atoms with Crippen molar-refractivity contribution < 1.29 is 22.7 Å². The maximum atomic E-state index is 12.9. The van der Waals surface area contributed by atoms with Crippen LogP contribution in [0.4, 0.5) is 18.0 Å². The molecular formula is C17H31F3IN5O2. The molecule has 0 radical (unpaired) electrons. The van der Waals surface area contributed by atoms with Gasteiger partial charge in [0.05, 0.1) is 12.6 Å². The molecule has 7 nitrogen and oxygen atoms in total. The molecule has 2 fully saturated rings. The van der Waals surface area contributed by atoms with Crippen molar-refractivity contribution in [3.05, 3.63) is 0 Å². The van der Waals surface area contributed by atoms with Crippen molar-refractivity contribution in [1.29, 1.82) is 0 Å². The average molecular weight is 521 g/mol. The number of nitrogens with zero attached hydrogens (tertiary/aromatic N) is 3. The molecule has 2 aliphatic rings. The summed E-state index contributed by atoms with van der Waals surface area (Å²) < 4.78 is 43.6. The molecule has 28 heavy (non-hydrogen) atoms. The van der Waals surface area contributed by atoms with Gasteiger partial charge in [-0.15, -0.1) is 24.0 Å². The van der Waals surface area contributed by atoms with Crippen LogP contribution in [0.2, 0.25) is 0 Å². The van der Waals surface area contributed by atoms with Gasteiger partial charge in [-0.2, -0.15) is 13.2 Å². The molecule has 0 bridgehead atoms. The summed E-state index contributed by atoms with van der Waals surface area (Å²) in [5.41, 5.74) is 0. The van der Waals surface area contributed by atoms with E-state index >= 15 is 0 Å². The zero-order valence-corrected chi connectivity index (χ0v) is 18.9. The number of hydrogen-bond acceptors (Lipinski definition) is 4. The molecule has 1 saturated carbocycles. The molecule has 1 heterocycles. The van der Waals surface area contributed by atoms with E-state index in [0.717, 1.165) is 12.8 Å². The van der Waals surface area contributed by atoms with Gasteiger partial charge in [0.25, 0.3) is 0 Å². The van der Waals surface area contributed by atoms with Gasteiger partial charge >= 0.3 is 12.3 Å². The van der Waals surface area contributed by atoms with Crippen LogP contribution in [0.25, 0.3) is 0 Å². The number of hydrogen-bond donors (Lipinski definition) is 2. The summed E-state index contributed by atoms with van der Waals surface area (Å²) in [5.74, 6) is 1.06. The molecule has 0 aromatic rings. The summed E-state index contributed by atoms with van der Waals surface area (Å²) in [7, 11) is 1.65. The maximum absolute atomic E-state index is 12.9. The van der Waals surface area contributed by atoms with Gasteiger partial charge < -0.3 is 20.3 Å². The number of piperazine rings is 1. The normalized spacial score (nSPS) is 20.8. The third-order valence-electron chi connectivity index (χ3n) is 5.10. The second-order valence-corrected chi connectivity index (χ2v) is 6.98. The first-order chi connectivity index (χ1) is 12.8. The van der Waals surface area contributed by atoms with Crippen LogP contribution in [0.3, 0.4) is 0 Å². The number of carbonyl (C=O) groups excluding carboxylic acids is 1. The predicted molar refractivity (Wildman–Crippen MR) is 112 cm³/mol. The summed E-state index contributed by atoms with van der Waals surface area (Å²) in [6, 6.07) is -1.49. The third kappa shape index (κ3) is 7.45. The number of alkyl halides is 3. The van der Waals surface area contributed by atoms with Crippen molar-refractivity contribution in [3.8, 4) is 0 Å². The van der Waals surface area contributed by atoms with Crippen LogP contribution in [-0.2, 0) is 4.74 Å². The Morgan fingerprint density at radius 2 is 1.86 bits per heavy atom. The lowest BCUT2D eigenvalue weighted by Crippen LogP contribution is -2.57. The average Bonchev–Trinajstić information content (AvgIpc) is 3.45. The summed E-state index contributed by atoms with van der Waals surface area (Å²) in [6.45, 7) is 5.38. The standard InChI is InChI=1S/C17H30F3N5O2.HI/c1-4-27-16(26)23-14(13-5-6-13)11-22-15(21-3)25-9-7-24(8-10-25)12(2)17(18,19)20;/h12-14H,4-11H2,1-3H3,(H,21,22)(H,23,26);1H. The number of rotatable bonds is 6. The lowest BCUT2D eigenvalue weighted by Gasteiger charge is -2.39. The topological polar surface area (TPSA) is 69.2 Å². The molecule has 2 N–H and O–H groups in total. The van der Waals surface area contributed by atoms with Gasteiger partial charge in [0.1, 0.15) is 6.04 Å². The highest BCUT2D eigenvalue weighted by atomic mass is 127. The molecule has 1 amide bonds.